The molecule has 2 nitrogen and oxygen atoms in total. The normalized spacial score (nSPS) is 14.2. The van der Waals surface area contributed by atoms with Crippen LogP contribution in [-0.2, 0) is 0 Å². The second-order valence-electron chi connectivity index (χ2n) is 3.95. The maximum Gasteiger partial charge on any atom is 0.0662 e. The van der Waals surface area contributed by atoms with Crippen LogP contribution in [0.3, 0.4) is 0 Å². The van der Waals surface area contributed by atoms with Gasteiger partial charge in [-0.2, -0.15) is 5.26 Å². The SMILES string of the molecule is CCCCC(C#N)C(C)c1cccnc1. The van der Waals surface area contributed by atoms with Crippen molar-refractivity contribution in [2.24, 2.45) is 5.92 Å². The minimum Gasteiger partial charge on any atom is -0.264 e. The van der Waals surface area contributed by atoms with E-state index in [0.717, 1.165) is 19.3 Å². The summed E-state index contributed by atoms with van der Waals surface area (Å²) < 4.78 is 0. The van der Waals surface area contributed by atoms with Gasteiger partial charge in [-0.25, -0.2) is 0 Å². The zero-order chi connectivity index (χ0) is 11.1. The van der Waals surface area contributed by atoms with E-state index in [1.54, 1.807) is 6.20 Å². The third kappa shape index (κ3) is 3.36. The fourth-order valence-corrected chi connectivity index (χ4v) is 1.73. The Kier molecular flexibility index (Phi) is 4.83. The molecule has 1 aromatic heterocycles. The second-order valence-corrected chi connectivity index (χ2v) is 3.95. The van der Waals surface area contributed by atoms with Crippen molar-refractivity contribution >= 4 is 0 Å². The first kappa shape index (κ1) is 11.7. The van der Waals surface area contributed by atoms with Crippen LogP contribution < -0.4 is 0 Å². The topological polar surface area (TPSA) is 36.7 Å². The van der Waals surface area contributed by atoms with Crippen molar-refractivity contribution in [2.75, 3.05) is 0 Å². The van der Waals surface area contributed by atoms with Crippen LogP contribution >= 0.6 is 0 Å². The van der Waals surface area contributed by atoms with Gasteiger partial charge in [0, 0.05) is 12.4 Å². The average Bonchev–Trinajstić information content (AvgIpc) is 2.31. The van der Waals surface area contributed by atoms with Crippen LogP contribution in [0.1, 0.15) is 44.6 Å². The van der Waals surface area contributed by atoms with E-state index >= 15 is 0 Å². The summed E-state index contributed by atoms with van der Waals surface area (Å²) in [4.78, 5) is 4.09. The zero-order valence-corrected chi connectivity index (χ0v) is 9.48. The number of pyridine rings is 1. The molecule has 15 heavy (non-hydrogen) atoms. The molecule has 0 spiro atoms. The first-order valence-electron chi connectivity index (χ1n) is 5.59. The quantitative estimate of drug-likeness (QED) is 0.732. The number of nitriles is 1. The van der Waals surface area contributed by atoms with E-state index in [2.05, 4.69) is 24.9 Å². The number of nitrogens with zero attached hydrogens (tertiary/aromatic N) is 2. The summed E-state index contributed by atoms with van der Waals surface area (Å²) in [6.45, 7) is 4.27. The molecule has 0 saturated carbocycles. The van der Waals surface area contributed by atoms with Gasteiger partial charge in [0.15, 0.2) is 0 Å². The molecule has 0 aliphatic heterocycles. The molecule has 2 unspecified atom stereocenters. The predicted octanol–water partition coefficient (Wildman–Crippen LogP) is 3.52. The van der Waals surface area contributed by atoms with Crippen LogP contribution in [0.25, 0.3) is 0 Å². The second kappa shape index (κ2) is 6.19. The Bertz CT molecular complexity index is 313. The fourth-order valence-electron chi connectivity index (χ4n) is 1.73. The molecule has 1 heterocycles. The Balaban J connectivity index is 2.66. The number of unbranched alkanes of at least 4 members (excludes halogenated alkanes) is 1. The fraction of sp³-hybridized carbons (Fsp3) is 0.538. The third-order valence-corrected chi connectivity index (χ3v) is 2.85. The molecule has 0 bridgehead atoms. The van der Waals surface area contributed by atoms with E-state index in [4.69, 9.17) is 5.26 Å². The van der Waals surface area contributed by atoms with Gasteiger partial charge in [-0.1, -0.05) is 32.8 Å². The molecule has 0 fully saturated rings. The maximum absolute atomic E-state index is 9.11. The monoisotopic (exact) mass is 202 g/mol. The molecule has 1 rings (SSSR count). The first-order valence-corrected chi connectivity index (χ1v) is 5.59. The lowest BCUT2D eigenvalue weighted by atomic mass is 9.86. The minimum atomic E-state index is 0.120. The highest BCUT2D eigenvalue weighted by Crippen LogP contribution is 2.26. The van der Waals surface area contributed by atoms with Gasteiger partial charge >= 0.3 is 0 Å². The van der Waals surface area contributed by atoms with E-state index in [1.807, 2.05) is 18.3 Å². The van der Waals surface area contributed by atoms with Crippen molar-refractivity contribution in [1.29, 1.82) is 5.26 Å². The highest BCUT2D eigenvalue weighted by atomic mass is 14.6. The zero-order valence-electron chi connectivity index (χ0n) is 9.48. The molecule has 0 amide bonds. The Morgan fingerprint density at radius 3 is 2.87 bits per heavy atom. The first-order chi connectivity index (χ1) is 7.29. The van der Waals surface area contributed by atoms with Crippen LogP contribution in [0.4, 0.5) is 0 Å². The lowest BCUT2D eigenvalue weighted by Gasteiger charge is -2.17. The van der Waals surface area contributed by atoms with Crippen LogP contribution in [0.15, 0.2) is 24.5 Å². The summed E-state index contributed by atoms with van der Waals surface area (Å²) in [5.41, 5.74) is 1.17. The Labute approximate surface area is 92.0 Å². The van der Waals surface area contributed by atoms with Gasteiger partial charge in [0.2, 0.25) is 0 Å². The Morgan fingerprint density at radius 1 is 1.53 bits per heavy atom. The Hall–Kier alpha value is -1.36. The average molecular weight is 202 g/mol. The van der Waals surface area contributed by atoms with Crippen molar-refractivity contribution in [1.82, 2.24) is 4.98 Å². The molecule has 0 N–H and O–H groups in total. The van der Waals surface area contributed by atoms with Crippen molar-refractivity contribution in [3.63, 3.8) is 0 Å². The molecule has 0 radical (unpaired) electrons. The summed E-state index contributed by atoms with van der Waals surface area (Å²) in [5, 5.41) is 9.11. The van der Waals surface area contributed by atoms with Crippen LogP contribution in [0, 0.1) is 17.2 Å². The largest absolute Gasteiger partial charge is 0.264 e. The van der Waals surface area contributed by atoms with Gasteiger partial charge in [-0.05, 0) is 24.0 Å². The summed E-state index contributed by atoms with van der Waals surface area (Å²) >= 11 is 0. The smallest absolute Gasteiger partial charge is 0.0662 e. The number of hydrogen-bond donors (Lipinski definition) is 0. The van der Waals surface area contributed by atoms with Crippen molar-refractivity contribution in [2.45, 2.75) is 39.0 Å². The number of rotatable bonds is 5. The molecular formula is C13H18N2. The number of hydrogen-bond acceptors (Lipinski definition) is 2. The van der Waals surface area contributed by atoms with Gasteiger partial charge in [-0.3, -0.25) is 4.98 Å². The minimum absolute atomic E-state index is 0.120. The summed E-state index contributed by atoms with van der Waals surface area (Å²) in [6.07, 6.45) is 6.90. The van der Waals surface area contributed by atoms with E-state index in [-0.39, 0.29) is 11.8 Å². The molecule has 0 saturated heterocycles. The van der Waals surface area contributed by atoms with Crippen molar-refractivity contribution in [3.05, 3.63) is 30.1 Å². The lowest BCUT2D eigenvalue weighted by molar-refractivity contribution is 0.491. The van der Waals surface area contributed by atoms with E-state index in [1.165, 1.54) is 5.56 Å². The molecule has 0 aliphatic carbocycles. The van der Waals surface area contributed by atoms with E-state index in [0.29, 0.717) is 0 Å². The molecule has 0 aliphatic rings. The predicted molar refractivity (Wildman–Crippen MR) is 61.3 cm³/mol. The van der Waals surface area contributed by atoms with Crippen LogP contribution in [0.2, 0.25) is 0 Å². The molecule has 0 aromatic carbocycles. The van der Waals surface area contributed by atoms with Crippen LogP contribution in [0.5, 0.6) is 0 Å². The Morgan fingerprint density at radius 2 is 2.33 bits per heavy atom. The highest BCUT2D eigenvalue weighted by molar-refractivity contribution is 5.17. The van der Waals surface area contributed by atoms with Gasteiger partial charge in [-0.15, -0.1) is 0 Å². The molecule has 2 atom stereocenters. The lowest BCUT2D eigenvalue weighted by Crippen LogP contribution is -2.08. The summed E-state index contributed by atoms with van der Waals surface area (Å²) in [5.74, 6) is 0.407. The molecule has 2 heteroatoms. The van der Waals surface area contributed by atoms with Gasteiger partial charge in [0.1, 0.15) is 0 Å². The van der Waals surface area contributed by atoms with Gasteiger partial charge in [0.25, 0.3) is 0 Å². The third-order valence-electron chi connectivity index (χ3n) is 2.85. The maximum atomic E-state index is 9.11. The standard InChI is InChI=1S/C13H18N2/c1-3-4-6-12(9-14)11(2)13-7-5-8-15-10-13/h5,7-8,10-12H,3-4,6H2,1-2H3. The summed E-state index contributed by atoms with van der Waals surface area (Å²) in [6, 6.07) is 6.39. The molecular weight excluding hydrogens is 184 g/mol. The van der Waals surface area contributed by atoms with Crippen LogP contribution in [-0.4, -0.2) is 4.98 Å². The van der Waals surface area contributed by atoms with Crippen molar-refractivity contribution in [3.8, 4) is 6.07 Å². The van der Waals surface area contributed by atoms with E-state index in [9.17, 15) is 0 Å². The van der Waals surface area contributed by atoms with E-state index < -0.39 is 0 Å². The van der Waals surface area contributed by atoms with Gasteiger partial charge in [0.05, 0.1) is 12.0 Å². The van der Waals surface area contributed by atoms with Gasteiger partial charge < -0.3 is 0 Å². The summed E-state index contributed by atoms with van der Waals surface area (Å²) in [7, 11) is 0. The number of aromatic nitrogens is 1. The van der Waals surface area contributed by atoms with Crippen molar-refractivity contribution < 1.29 is 0 Å². The molecule has 80 valence electrons. The molecule has 1 aromatic rings. The highest BCUT2D eigenvalue weighted by Gasteiger charge is 2.17.